The van der Waals surface area contributed by atoms with Gasteiger partial charge in [-0.05, 0) is 0 Å². The van der Waals surface area contributed by atoms with E-state index in [4.69, 9.17) is 10.4 Å². The highest BCUT2D eigenvalue weighted by Gasteiger charge is 2.36. The molecule has 2 unspecified atom stereocenters. The van der Waals surface area contributed by atoms with Gasteiger partial charge in [0.25, 0.3) is 0 Å². The molecule has 5 heteroatoms. The fraction of sp³-hybridized carbons (Fsp3) is 0.800. The summed E-state index contributed by atoms with van der Waals surface area (Å²) in [6.45, 7) is 0. The van der Waals surface area contributed by atoms with Crippen LogP contribution in [0.5, 0.6) is 0 Å². The second-order valence-electron chi connectivity index (χ2n) is 2.38. The number of aliphatic hydroxyl groups is 1. The molecule has 0 amide bonds. The third kappa shape index (κ3) is 1.28. The molecule has 0 aromatic rings. The Bertz CT molecular complexity index is 263. The Labute approximate surface area is 59.0 Å². The average molecular weight is 161 g/mol. The quantitative estimate of drug-likeness (QED) is 0.490. The highest BCUT2D eigenvalue weighted by molar-refractivity contribution is 7.91. The van der Waals surface area contributed by atoms with Crippen LogP contribution in [0.1, 0.15) is 0 Å². The van der Waals surface area contributed by atoms with Crippen molar-refractivity contribution in [1.29, 1.82) is 5.26 Å². The van der Waals surface area contributed by atoms with Crippen LogP contribution in [-0.2, 0) is 9.84 Å². The van der Waals surface area contributed by atoms with Gasteiger partial charge in [0.2, 0.25) is 0 Å². The van der Waals surface area contributed by atoms with Gasteiger partial charge in [0.05, 0.1) is 29.6 Å². The van der Waals surface area contributed by atoms with Gasteiger partial charge in [-0.1, -0.05) is 0 Å². The minimum Gasteiger partial charge on any atom is -0.391 e. The van der Waals surface area contributed by atoms with Crippen LogP contribution in [0.3, 0.4) is 0 Å². The minimum absolute atomic E-state index is 0.190. The summed E-state index contributed by atoms with van der Waals surface area (Å²) in [6, 6.07) is 1.74. The maximum atomic E-state index is 10.7. The molecule has 0 radical (unpaired) electrons. The zero-order valence-electron chi connectivity index (χ0n) is 5.19. The van der Waals surface area contributed by atoms with E-state index in [1.807, 2.05) is 0 Å². The first-order chi connectivity index (χ1) is 4.55. The molecule has 0 aliphatic carbocycles. The van der Waals surface area contributed by atoms with Crippen molar-refractivity contribution >= 4 is 9.84 Å². The van der Waals surface area contributed by atoms with Gasteiger partial charge in [0.15, 0.2) is 9.84 Å². The largest absolute Gasteiger partial charge is 0.391 e. The molecule has 1 N–H and O–H groups in total. The molecular formula is C5H7NO3S. The fourth-order valence-electron chi connectivity index (χ4n) is 0.952. The van der Waals surface area contributed by atoms with Gasteiger partial charge in [0, 0.05) is 0 Å². The molecule has 1 aliphatic rings. The van der Waals surface area contributed by atoms with E-state index in [1.165, 1.54) is 0 Å². The van der Waals surface area contributed by atoms with Gasteiger partial charge in [-0.25, -0.2) is 8.42 Å². The first kappa shape index (κ1) is 7.51. The standard InChI is InChI=1S/C5H7NO3S/c6-1-4-2-10(8,9)3-5(4)7/h4-5,7H,2-3H2. The third-order valence-corrected chi connectivity index (χ3v) is 3.20. The number of sulfone groups is 1. The zero-order valence-corrected chi connectivity index (χ0v) is 6.00. The average Bonchev–Trinajstić information content (AvgIpc) is 2.05. The van der Waals surface area contributed by atoms with E-state index in [0.717, 1.165) is 0 Å². The number of rotatable bonds is 0. The maximum Gasteiger partial charge on any atom is 0.154 e. The lowest BCUT2D eigenvalue weighted by Crippen LogP contribution is -2.15. The van der Waals surface area contributed by atoms with E-state index in [0.29, 0.717) is 0 Å². The lowest BCUT2D eigenvalue weighted by molar-refractivity contribution is 0.174. The topological polar surface area (TPSA) is 78.2 Å². The second-order valence-corrected chi connectivity index (χ2v) is 4.53. The molecule has 56 valence electrons. The lowest BCUT2D eigenvalue weighted by Gasteiger charge is -1.98. The van der Waals surface area contributed by atoms with E-state index >= 15 is 0 Å². The van der Waals surface area contributed by atoms with Crippen LogP contribution in [0.15, 0.2) is 0 Å². The van der Waals surface area contributed by atoms with Gasteiger partial charge in [0.1, 0.15) is 0 Å². The van der Waals surface area contributed by atoms with Crippen molar-refractivity contribution in [3.8, 4) is 6.07 Å². The zero-order chi connectivity index (χ0) is 7.78. The van der Waals surface area contributed by atoms with Gasteiger partial charge >= 0.3 is 0 Å². The first-order valence-electron chi connectivity index (χ1n) is 2.83. The predicted molar refractivity (Wildman–Crippen MR) is 33.8 cm³/mol. The van der Waals surface area contributed by atoms with Gasteiger partial charge in [-0.15, -0.1) is 0 Å². The van der Waals surface area contributed by atoms with E-state index in [1.54, 1.807) is 6.07 Å². The second kappa shape index (κ2) is 2.22. The molecule has 4 nitrogen and oxygen atoms in total. The number of nitrogens with zero attached hydrogens (tertiary/aromatic N) is 1. The van der Waals surface area contributed by atoms with Gasteiger partial charge < -0.3 is 5.11 Å². The Morgan fingerprint density at radius 2 is 2.10 bits per heavy atom. The van der Waals surface area contributed by atoms with Crippen molar-refractivity contribution in [2.45, 2.75) is 6.10 Å². The molecule has 0 aromatic heterocycles. The highest BCUT2D eigenvalue weighted by atomic mass is 32.2. The summed E-state index contributed by atoms with van der Waals surface area (Å²) in [6.07, 6.45) is -0.977. The molecule has 1 rings (SSSR count). The predicted octanol–water partition coefficient (Wildman–Crippen LogP) is -1.08. The summed E-state index contributed by atoms with van der Waals surface area (Å²) in [5, 5.41) is 17.2. The first-order valence-corrected chi connectivity index (χ1v) is 4.65. The smallest absolute Gasteiger partial charge is 0.154 e. The van der Waals surface area contributed by atoms with Gasteiger partial charge in [-0.3, -0.25) is 0 Å². The molecule has 2 atom stereocenters. The normalized spacial score (nSPS) is 37.2. The number of hydrogen-bond acceptors (Lipinski definition) is 4. The van der Waals surface area contributed by atoms with Crippen LogP contribution in [0.25, 0.3) is 0 Å². The fourth-order valence-corrected chi connectivity index (χ4v) is 2.68. The molecule has 0 aromatic carbocycles. The summed E-state index contributed by atoms with van der Waals surface area (Å²) in [5.41, 5.74) is 0. The monoisotopic (exact) mass is 161 g/mol. The van der Waals surface area contributed by atoms with Crippen molar-refractivity contribution in [1.82, 2.24) is 0 Å². The van der Waals surface area contributed by atoms with E-state index < -0.39 is 21.9 Å². The van der Waals surface area contributed by atoms with Crippen molar-refractivity contribution in [3.05, 3.63) is 0 Å². The molecule has 1 heterocycles. The van der Waals surface area contributed by atoms with Crippen LogP contribution in [0.2, 0.25) is 0 Å². The van der Waals surface area contributed by atoms with Crippen LogP contribution >= 0.6 is 0 Å². The summed E-state index contributed by atoms with van der Waals surface area (Å²) in [7, 11) is -3.13. The number of hydrogen-bond donors (Lipinski definition) is 1. The molecule has 1 saturated heterocycles. The van der Waals surface area contributed by atoms with Crippen LogP contribution in [0, 0.1) is 17.2 Å². The molecule has 1 aliphatic heterocycles. The van der Waals surface area contributed by atoms with Crippen molar-refractivity contribution in [2.24, 2.45) is 5.92 Å². The van der Waals surface area contributed by atoms with Crippen LogP contribution in [-0.4, -0.2) is 31.1 Å². The van der Waals surface area contributed by atoms with E-state index in [-0.39, 0.29) is 11.5 Å². The SMILES string of the molecule is N#CC1CS(=O)(=O)CC1O. The highest BCUT2D eigenvalue weighted by Crippen LogP contribution is 2.17. The Morgan fingerprint density at radius 3 is 2.30 bits per heavy atom. The Balaban J connectivity index is 2.83. The summed E-state index contributed by atoms with van der Waals surface area (Å²) < 4.78 is 21.4. The summed E-state index contributed by atoms with van der Waals surface area (Å²) >= 11 is 0. The molecular weight excluding hydrogens is 154 g/mol. The van der Waals surface area contributed by atoms with Crippen molar-refractivity contribution in [3.63, 3.8) is 0 Å². The van der Waals surface area contributed by atoms with Crippen molar-refractivity contribution < 1.29 is 13.5 Å². The summed E-state index contributed by atoms with van der Waals surface area (Å²) in [5.74, 6) is -1.17. The maximum absolute atomic E-state index is 10.7. The Morgan fingerprint density at radius 1 is 1.50 bits per heavy atom. The van der Waals surface area contributed by atoms with Crippen molar-refractivity contribution in [2.75, 3.05) is 11.5 Å². The number of aliphatic hydroxyl groups excluding tert-OH is 1. The molecule has 10 heavy (non-hydrogen) atoms. The van der Waals surface area contributed by atoms with Crippen LogP contribution in [0.4, 0.5) is 0 Å². The van der Waals surface area contributed by atoms with E-state index in [2.05, 4.69) is 0 Å². The molecule has 0 bridgehead atoms. The summed E-state index contributed by atoms with van der Waals surface area (Å²) in [4.78, 5) is 0. The van der Waals surface area contributed by atoms with Gasteiger partial charge in [-0.2, -0.15) is 5.26 Å². The molecule has 1 fully saturated rings. The Hall–Kier alpha value is -0.600. The minimum atomic E-state index is -3.13. The lowest BCUT2D eigenvalue weighted by atomic mass is 10.1. The molecule has 0 saturated carbocycles. The third-order valence-electron chi connectivity index (χ3n) is 1.49. The molecule has 0 spiro atoms. The van der Waals surface area contributed by atoms with Crippen LogP contribution < -0.4 is 0 Å². The Kier molecular flexibility index (Phi) is 1.67. The van der Waals surface area contributed by atoms with E-state index in [9.17, 15) is 8.42 Å². The number of nitriles is 1.